The number of guanidine groups is 1. The Morgan fingerprint density at radius 3 is 2.62 bits per heavy atom. The van der Waals surface area contributed by atoms with Crippen molar-refractivity contribution in [3.63, 3.8) is 0 Å². The summed E-state index contributed by atoms with van der Waals surface area (Å²) in [6, 6.07) is 0.472. The SMILES string of the molecule is CCNC(=NCC1(C2CC2)CCC1)NC1CC2CCC1O2. The minimum atomic E-state index is 0.417. The van der Waals surface area contributed by atoms with Crippen molar-refractivity contribution in [1.82, 2.24) is 10.6 Å². The van der Waals surface area contributed by atoms with Crippen molar-refractivity contribution in [2.45, 2.75) is 76.5 Å². The van der Waals surface area contributed by atoms with Gasteiger partial charge in [0.25, 0.3) is 0 Å². The van der Waals surface area contributed by atoms with Crippen LogP contribution in [0.15, 0.2) is 4.99 Å². The first kappa shape index (κ1) is 13.9. The molecule has 3 unspecified atom stereocenters. The maximum absolute atomic E-state index is 5.94. The van der Waals surface area contributed by atoms with Crippen molar-refractivity contribution in [2.75, 3.05) is 13.1 Å². The van der Waals surface area contributed by atoms with Crippen molar-refractivity contribution >= 4 is 5.96 Å². The standard InChI is InChI=1S/C17H29N3O/c1-2-18-16(20-14-10-13-6-7-15(14)21-13)19-11-17(8-3-9-17)12-4-5-12/h12-15H,2-11H2,1H3,(H2,18,19,20). The number of nitrogens with zero attached hydrogens (tertiary/aromatic N) is 1. The highest BCUT2D eigenvalue weighted by atomic mass is 16.5. The lowest BCUT2D eigenvalue weighted by Gasteiger charge is -2.41. The van der Waals surface area contributed by atoms with Gasteiger partial charge in [-0.15, -0.1) is 0 Å². The lowest BCUT2D eigenvalue weighted by atomic mass is 9.65. The van der Waals surface area contributed by atoms with E-state index >= 15 is 0 Å². The summed E-state index contributed by atoms with van der Waals surface area (Å²) in [7, 11) is 0. The molecule has 3 atom stereocenters. The summed E-state index contributed by atoms with van der Waals surface area (Å²) < 4.78 is 5.94. The second-order valence-corrected chi connectivity index (χ2v) is 7.55. The molecule has 2 heterocycles. The second-order valence-electron chi connectivity index (χ2n) is 7.55. The summed E-state index contributed by atoms with van der Waals surface area (Å²) >= 11 is 0. The quantitative estimate of drug-likeness (QED) is 0.604. The Kier molecular flexibility index (Phi) is 3.60. The first-order valence-corrected chi connectivity index (χ1v) is 8.99. The highest BCUT2D eigenvalue weighted by Gasteiger charge is 2.49. The number of rotatable bonds is 5. The number of hydrogen-bond donors (Lipinski definition) is 2. The maximum Gasteiger partial charge on any atom is 0.191 e. The fourth-order valence-corrected chi connectivity index (χ4v) is 4.54. The van der Waals surface area contributed by atoms with Gasteiger partial charge < -0.3 is 15.4 Å². The minimum absolute atomic E-state index is 0.417. The number of fused-ring (bicyclic) bond motifs is 2. The van der Waals surface area contributed by atoms with Crippen LogP contribution >= 0.6 is 0 Å². The van der Waals surface area contributed by atoms with Crippen molar-refractivity contribution in [3.05, 3.63) is 0 Å². The molecule has 0 amide bonds. The fraction of sp³-hybridized carbons (Fsp3) is 0.941. The van der Waals surface area contributed by atoms with Gasteiger partial charge in [-0.05, 0) is 63.2 Å². The molecule has 2 N–H and O–H groups in total. The molecule has 0 aromatic rings. The summed E-state index contributed by atoms with van der Waals surface area (Å²) in [6.07, 6.45) is 11.6. The summed E-state index contributed by atoms with van der Waals surface area (Å²) in [5.41, 5.74) is 0.563. The molecular weight excluding hydrogens is 262 g/mol. The van der Waals surface area contributed by atoms with Crippen LogP contribution in [0.4, 0.5) is 0 Å². The summed E-state index contributed by atoms with van der Waals surface area (Å²) in [4.78, 5) is 4.95. The van der Waals surface area contributed by atoms with E-state index in [4.69, 9.17) is 9.73 Å². The molecule has 21 heavy (non-hydrogen) atoms. The Morgan fingerprint density at radius 1 is 1.24 bits per heavy atom. The van der Waals surface area contributed by atoms with Crippen molar-refractivity contribution in [1.29, 1.82) is 0 Å². The molecule has 4 nitrogen and oxygen atoms in total. The zero-order chi connectivity index (χ0) is 14.3. The second kappa shape index (κ2) is 5.45. The Hall–Kier alpha value is -0.770. The van der Waals surface area contributed by atoms with E-state index in [0.717, 1.165) is 31.4 Å². The molecule has 118 valence electrons. The monoisotopic (exact) mass is 291 g/mol. The Balaban J connectivity index is 1.38. The lowest BCUT2D eigenvalue weighted by molar-refractivity contribution is 0.0990. The molecule has 0 aromatic heterocycles. The third kappa shape index (κ3) is 2.67. The van der Waals surface area contributed by atoms with Gasteiger partial charge in [-0.3, -0.25) is 4.99 Å². The van der Waals surface area contributed by atoms with Gasteiger partial charge in [0, 0.05) is 13.1 Å². The van der Waals surface area contributed by atoms with Crippen LogP contribution < -0.4 is 10.6 Å². The van der Waals surface area contributed by atoms with Crippen LogP contribution in [0.5, 0.6) is 0 Å². The molecule has 4 rings (SSSR count). The molecule has 4 aliphatic rings. The topological polar surface area (TPSA) is 45.7 Å². The molecule has 4 heteroatoms. The Bertz CT molecular complexity index is 414. The van der Waals surface area contributed by atoms with E-state index in [1.165, 1.54) is 44.9 Å². The van der Waals surface area contributed by atoms with Gasteiger partial charge >= 0.3 is 0 Å². The maximum atomic E-state index is 5.94. The van der Waals surface area contributed by atoms with Gasteiger partial charge in [0.2, 0.25) is 0 Å². The van der Waals surface area contributed by atoms with Gasteiger partial charge in [0.1, 0.15) is 0 Å². The van der Waals surface area contributed by atoms with Gasteiger partial charge in [0.05, 0.1) is 18.2 Å². The average molecular weight is 291 g/mol. The molecule has 0 spiro atoms. The van der Waals surface area contributed by atoms with Crippen molar-refractivity contribution in [2.24, 2.45) is 16.3 Å². The van der Waals surface area contributed by atoms with E-state index in [2.05, 4.69) is 17.6 Å². The van der Waals surface area contributed by atoms with E-state index < -0.39 is 0 Å². The smallest absolute Gasteiger partial charge is 0.191 e. The van der Waals surface area contributed by atoms with Gasteiger partial charge in [-0.2, -0.15) is 0 Å². The first-order chi connectivity index (χ1) is 10.3. The van der Waals surface area contributed by atoms with Crippen LogP contribution in [0.3, 0.4) is 0 Å². The predicted octanol–water partition coefficient (Wildman–Crippen LogP) is 2.44. The number of hydrogen-bond acceptors (Lipinski definition) is 2. The Labute approximate surface area is 128 Å². The zero-order valence-corrected chi connectivity index (χ0v) is 13.2. The van der Waals surface area contributed by atoms with Gasteiger partial charge in [0.15, 0.2) is 5.96 Å². The highest BCUT2D eigenvalue weighted by Crippen LogP contribution is 2.57. The van der Waals surface area contributed by atoms with Crippen molar-refractivity contribution in [3.8, 4) is 0 Å². The molecule has 0 aromatic carbocycles. The minimum Gasteiger partial charge on any atom is -0.373 e. The zero-order valence-electron chi connectivity index (χ0n) is 13.2. The summed E-state index contributed by atoms with van der Waals surface area (Å²) in [6.45, 7) is 4.10. The molecule has 2 aliphatic heterocycles. The molecule has 2 bridgehead atoms. The van der Waals surface area contributed by atoms with E-state index in [1.54, 1.807) is 0 Å². The van der Waals surface area contributed by atoms with E-state index in [1.807, 2.05) is 0 Å². The third-order valence-corrected chi connectivity index (χ3v) is 6.12. The van der Waals surface area contributed by atoms with E-state index in [0.29, 0.717) is 23.7 Å². The number of aliphatic imine (C=N–C) groups is 1. The lowest BCUT2D eigenvalue weighted by Crippen LogP contribution is -2.48. The molecule has 0 radical (unpaired) electrons. The van der Waals surface area contributed by atoms with Crippen LogP contribution in [0, 0.1) is 11.3 Å². The molecular formula is C17H29N3O. The molecule has 2 aliphatic carbocycles. The fourth-order valence-electron chi connectivity index (χ4n) is 4.54. The molecule has 2 saturated carbocycles. The third-order valence-electron chi connectivity index (χ3n) is 6.12. The van der Waals surface area contributed by atoms with Crippen molar-refractivity contribution < 1.29 is 4.74 Å². The van der Waals surface area contributed by atoms with E-state index in [9.17, 15) is 0 Å². The normalized spacial score (nSPS) is 37.4. The van der Waals surface area contributed by atoms with E-state index in [-0.39, 0.29) is 0 Å². The van der Waals surface area contributed by atoms with Crippen LogP contribution in [0.1, 0.15) is 58.3 Å². The molecule has 2 saturated heterocycles. The number of nitrogens with one attached hydrogen (secondary N) is 2. The van der Waals surface area contributed by atoms with Crippen LogP contribution in [-0.4, -0.2) is 37.3 Å². The number of ether oxygens (including phenoxy) is 1. The first-order valence-electron chi connectivity index (χ1n) is 8.99. The van der Waals surface area contributed by atoms with Crippen LogP contribution in [0.25, 0.3) is 0 Å². The largest absolute Gasteiger partial charge is 0.373 e. The highest BCUT2D eigenvalue weighted by molar-refractivity contribution is 5.80. The summed E-state index contributed by atoms with van der Waals surface area (Å²) in [5.74, 6) is 1.99. The van der Waals surface area contributed by atoms with Crippen LogP contribution in [-0.2, 0) is 4.74 Å². The summed E-state index contributed by atoms with van der Waals surface area (Å²) in [5, 5.41) is 7.07. The van der Waals surface area contributed by atoms with Gasteiger partial charge in [-0.25, -0.2) is 0 Å². The Morgan fingerprint density at radius 2 is 2.10 bits per heavy atom. The average Bonchev–Trinajstić information content (AvgIpc) is 3.07. The molecule has 4 fully saturated rings. The predicted molar refractivity (Wildman–Crippen MR) is 84.4 cm³/mol. The van der Waals surface area contributed by atoms with Crippen LogP contribution in [0.2, 0.25) is 0 Å². The van der Waals surface area contributed by atoms with Gasteiger partial charge in [-0.1, -0.05) is 6.42 Å².